The standard InChI is InChI=1S/C13H21N3/c1-14-9-13(6-7-13)12-15-8-11(16-12)10-4-2-3-5-10/h8,10,14H,2-7,9H2,1H3,(H,15,16). The van der Waals surface area contributed by atoms with Crippen molar-refractivity contribution in [1.82, 2.24) is 15.3 Å². The van der Waals surface area contributed by atoms with Gasteiger partial charge in [-0.1, -0.05) is 12.8 Å². The topological polar surface area (TPSA) is 40.7 Å². The van der Waals surface area contributed by atoms with Gasteiger partial charge in [0.2, 0.25) is 0 Å². The van der Waals surface area contributed by atoms with Crippen molar-refractivity contribution < 1.29 is 0 Å². The van der Waals surface area contributed by atoms with Crippen LogP contribution in [-0.4, -0.2) is 23.6 Å². The van der Waals surface area contributed by atoms with Crippen LogP contribution in [0.4, 0.5) is 0 Å². The van der Waals surface area contributed by atoms with E-state index in [1.165, 1.54) is 50.0 Å². The van der Waals surface area contributed by atoms with Gasteiger partial charge in [-0.15, -0.1) is 0 Å². The molecule has 0 aromatic carbocycles. The van der Waals surface area contributed by atoms with Crippen LogP contribution in [0.5, 0.6) is 0 Å². The minimum absolute atomic E-state index is 0.339. The summed E-state index contributed by atoms with van der Waals surface area (Å²) in [5.41, 5.74) is 1.72. The first-order valence-electron chi connectivity index (χ1n) is 6.54. The maximum Gasteiger partial charge on any atom is 0.113 e. The summed E-state index contributed by atoms with van der Waals surface area (Å²) in [6, 6.07) is 0. The zero-order valence-electron chi connectivity index (χ0n) is 10.1. The second kappa shape index (κ2) is 3.88. The number of aromatic nitrogens is 2. The molecule has 3 heteroatoms. The normalized spacial score (nSPS) is 23.8. The molecule has 0 aliphatic heterocycles. The van der Waals surface area contributed by atoms with E-state index in [1.807, 2.05) is 7.05 Å². The van der Waals surface area contributed by atoms with Crippen molar-refractivity contribution in [3.05, 3.63) is 17.7 Å². The Morgan fingerprint density at radius 3 is 2.81 bits per heavy atom. The molecule has 16 heavy (non-hydrogen) atoms. The molecule has 2 fully saturated rings. The molecule has 2 N–H and O–H groups in total. The summed E-state index contributed by atoms with van der Waals surface area (Å²) in [5.74, 6) is 1.98. The number of rotatable bonds is 4. The van der Waals surface area contributed by atoms with Gasteiger partial charge in [0.25, 0.3) is 0 Å². The molecule has 0 saturated heterocycles. The van der Waals surface area contributed by atoms with Crippen LogP contribution in [0.25, 0.3) is 0 Å². The van der Waals surface area contributed by atoms with Crippen LogP contribution >= 0.6 is 0 Å². The molecule has 1 aromatic rings. The minimum atomic E-state index is 0.339. The summed E-state index contributed by atoms with van der Waals surface area (Å²) in [7, 11) is 2.03. The highest BCUT2D eigenvalue weighted by molar-refractivity contribution is 5.22. The largest absolute Gasteiger partial charge is 0.345 e. The van der Waals surface area contributed by atoms with Crippen LogP contribution < -0.4 is 5.32 Å². The molecule has 3 nitrogen and oxygen atoms in total. The Labute approximate surface area is 97.0 Å². The first-order valence-corrected chi connectivity index (χ1v) is 6.54. The second-order valence-electron chi connectivity index (χ2n) is 5.48. The quantitative estimate of drug-likeness (QED) is 0.816. The van der Waals surface area contributed by atoms with Crippen molar-refractivity contribution in [2.75, 3.05) is 13.6 Å². The van der Waals surface area contributed by atoms with Crippen molar-refractivity contribution in [2.45, 2.75) is 49.9 Å². The van der Waals surface area contributed by atoms with Gasteiger partial charge in [-0.2, -0.15) is 0 Å². The van der Waals surface area contributed by atoms with E-state index in [0.717, 1.165) is 12.5 Å². The lowest BCUT2D eigenvalue weighted by molar-refractivity contribution is 0.589. The van der Waals surface area contributed by atoms with Crippen LogP contribution in [-0.2, 0) is 5.41 Å². The molecule has 3 rings (SSSR count). The zero-order chi connectivity index (χ0) is 11.0. The lowest BCUT2D eigenvalue weighted by Gasteiger charge is -2.11. The van der Waals surface area contributed by atoms with E-state index in [0.29, 0.717) is 5.41 Å². The third-order valence-electron chi connectivity index (χ3n) is 4.26. The van der Waals surface area contributed by atoms with E-state index in [1.54, 1.807) is 0 Å². The Balaban J connectivity index is 1.77. The average Bonchev–Trinajstić information content (AvgIpc) is 2.76. The minimum Gasteiger partial charge on any atom is -0.345 e. The molecule has 0 atom stereocenters. The van der Waals surface area contributed by atoms with Crippen molar-refractivity contribution in [3.8, 4) is 0 Å². The number of nitrogens with one attached hydrogen (secondary N) is 2. The molecule has 0 unspecified atom stereocenters. The average molecular weight is 219 g/mol. The van der Waals surface area contributed by atoms with Crippen LogP contribution in [0.3, 0.4) is 0 Å². The SMILES string of the molecule is CNCC1(c2ncc(C3CCCC3)[nH]2)CC1. The van der Waals surface area contributed by atoms with Crippen molar-refractivity contribution in [3.63, 3.8) is 0 Å². The van der Waals surface area contributed by atoms with Gasteiger partial charge in [-0.25, -0.2) is 4.98 Å². The van der Waals surface area contributed by atoms with Gasteiger partial charge in [-0.3, -0.25) is 0 Å². The molecule has 1 heterocycles. The highest BCUT2D eigenvalue weighted by Gasteiger charge is 2.46. The molecule has 2 aliphatic rings. The fraction of sp³-hybridized carbons (Fsp3) is 0.769. The van der Waals surface area contributed by atoms with Crippen molar-refractivity contribution in [1.29, 1.82) is 0 Å². The molecule has 2 saturated carbocycles. The molecule has 88 valence electrons. The highest BCUT2D eigenvalue weighted by atomic mass is 15.0. The zero-order valence-corrected chi connectivity index (χ0v) is 10.1. The number of aromatic amines is 1. The van der Waals surface area contributed by atoms with Gasteiger partial charge in [0.05, 0.1) is 0 Å². The number of imidazole rings is 1. The van der Waals surface area contributed by atoms with Gasteiger partial charge in [-0.05, 0) is 32.7 Å². The molecule has 0 amide bonds. The lowest BCUT2D eigenvalue weighted by Crippen LogP contribution is -2.24. The fourth-order valence-corrected chi connectivity index (χ4v) is 3.04. The first-order chi connectivity index (χ1) is 7.84. The Morgan fingerprint density at radius 1 is 1.44 bits per heavy atom. The maximum absolute atomic E-state index is 4.62. The second-order valence-corrected chi connectivity index (χ2v) is 5.48. The van der Waals surface area contributed by atoms with Gasteiger partial charge < -0.3 is 10.3 Å². The fourth-order valence-electron chi connectivity index (χ4n) is 3.04. The van der Waals surface area contributed by atoms with Gasteiger partial charge in [0, 0.05) is 29.8 Å². The van der Waals surface area contributed by atoms with Crippen LogP contribution in [0, 0.1) is 0 Å². The summed E-state index contributed by atoms with van der Waals surface area (Å²) < 4.78 is 0. The third kappa shape index (κ3) is 1.67. The molecule has 2 aliphatic carbocycles. The summed E-state index contributed by atoms with van der Waals surface area (Å²) in [6.45, 7) is 1.06. The lowest BCUT2D eigenvalue weighted by atomic mass is 10.1. The van der Waals surface area contributed by atoms with E-state index in [-0.39, 0.29) is 0 Å². The maximum atomic E-state index is 4.62. The summed E-state index contributed by atoms with van der Waals surface area (Å²) in [4.78, 5) is 8.21. The van der Waals surface area contributed by atoms with Gasteiger partial charge in [0.1, 0.15) is 5.82 Å². The van der Waals surface area contributed by atoms with Crippen molar-refractivity contribution >= 4 is 0 Å². The molecular formula is C13H21N3. The van der Waals surface area contributed by atoms with Crippen LogP contribution in [0.15, 0.2) is 6.20 Å². The first kappa shape index (κ1) is 10.3. The summed E-state index contributed by atoms with van der Waals surface area (Å²) in [5, 5.41) is 3.29. The van der Waals surface area contributed by atoms with E-state index in [4.69, 9.17) is 0 Å². The molecular weight excluding hydrogens is 198 g/mol. The van der Waals surface area contributed by atoms with Crippen LogP contribution in [0.1, 0.15) is 56.0 Å². The Kier molecular flexibility index (Phi) is 2.51. The highest BCUT2D eigenvalue weighted by Crippen LogP contribution is 2.46. The Bertz CT molecular complexity index is 359. The molecule has 0 radical (unpaired) electrons. The monoisotopic (exact) mass is 219 g/mol. The number of H-pyrrole nitrogens is 1. The van der Waals surface area contributed by atoms with E-state index < -0.39 is 0 Å². The summed E-state index contributed by atoms with van der Waals surface area (Å²) in [6.07, 6.45) is 10.1. The molecule has 1 aromatic heterocycles. The van der Waals surface area contributed by atoms with Gasteiger partial charge >= 0.3 is 0 Å². The molecule has 0 bridgehead atoms. The number of hydrogen-bond donors (Lipinski definition) is 2. The van der Waals surface area contributed by atoms with E-state index in [9.17, 15) is 0 Å². The van der Waals surface area contributed by atoms with Gasteiger partial charge in [0.15, 0.2) is 0 Å². The Hall–Kier alpha value is -0.830. The smallest absolute Gasteiger partial charge is 0.113 e. The number of likely N-dealkylation sites (N-methyl/N-ethyl adjacent to an activating group) is 1. The third-order valence-corrected chi connectivity index (χ3v) is 4.26. The number of hydrogen-bond acceptors (Lipinski definition) is 2. The molecule has 0 spiro atoms. The Morgan fingerprint density at radius 2 is 2.19 bits per heavy atom. The predicted molar refractivity (Wildman–Crippen MR) is 64.6 cm³/mol. The van der Waals surface area contributed by atoms with E-state index >= 15 is 0 Å². The van der Waals surface area contributed by atoms with Crippen molar-refractivity contribution in [2.24, 2.45) is 0 Å². The van der Waals surface area contributed by atoms with E-state index in [2.05, 4.69) is 21.5 Å². The predicted octanol–water partition coefficient (Wildman–Crippen LogP) is 2.32. The number of nitrogens with zero attached hydrogens (tertiary/aromatic N) is 1. The van der Waals surface area contributed by atoms with Crippen LogP contribution in [0.2, 0.25) is 0 Å². The summed E-state index contributed by atoms with van der Waals surface area (Å²) >= 11 is 0.